The third-order valence-corrected chi connectivity index (χ3v) is 8.79. The third kappa shape index (κ3) is 5.74. The topological polar surface area (TPSA) is 94.8 Å². The van der Waals surface area contributed by atoms with Gasteiger partial charge in [-0.3, -0.25) is 9.69 Å². The van der Waals surface area contributed by atoms with Crippen molar-refractivity contribution in [2.24, 2.45) is 5.41 Å². The number of hydrogen-bond donors (Lipinski definition) is 0. The normalized spacial score (nSPS) is 17.3. The van der Waals surface area contributed by atoms with E-state index in [1.165, 1.54) is 35.7 Å². The molecule has 3 heterocycles. The van der Waals surface area contributed by atoms with Crippen molar-refractivity contribution in [2.75, 3.05) is 31.1 Å². The molecule has 6 rings (SSSR count). The summed E-state index contributed by atoms with van der Waals surface area (Å²) in [5.41, 5.74) is 2.87. The van der Waals surface area contributed by atoms with Crippen LogP contribution in [0.15, 0.2) is 48.9 Å². The van der Waals surface area contributed by atoms with E-state index in [1.54, 1.807) is 11.1 Å². The summed E-state index contributed by atoms with van der Waals surface area (Å²) in [7, 11) is 0. The number of halogens is 1. The maximum Gasteiger partial charge on any atom is 0.257 e. The molecule has 224 valence electrons. The molecule has 0 radical (unpaired) electrons. The molecule has 1 saturated carbocycles. The number of carbonyl (C=O) groups excluding carboxylic acids is 1. The molecule has 9 nitrogen and oxygen atoms in total. The Bertz CT molecular complexity index is 1540. The average molecular weight is 585 g/mol. The van der Waals surface area contributed by atoms with E-state index >= 15 is 0 Å². The molecule has 2 aliphatic heterocycles. The summed E-state index contributed by atoms with van der Waals surface area (Å²) in [6, 6.07) is 12.5. The molecule has 3 aromatic rings. The molecule has 43 heavy (non-hydrogen) atoms. The van der Waals surface area contributed by atoms with Gasteiger partial charge in [-0.2, -0.15) is 5.26 Å². The Morgan fingerprint density at radius 2 is 2.00 bits per heavy atom. The SMILES string of the molecule is CCN(C(=O)c1cc(F)ccc1Oc1cncnc1N1CC2(CC(Oc3cccc4c3CN(CCC#N)C4)C2)C1)C(C)C. The number of hydrogen-bond acceptors (Lipinski definition) is 8. The Morgan fingerprint density at radius 3 is 2.74 bits per heavy atom. The van der Waals surface area contributed by atoms with Crippen molar-refractivity contribution >= 4 is 11.7 Å². The zero-order valence-electron chi connectivity index (χ0n) is 24.9. The Morgan fingerprint density at radius 1 is 1.19 bits per heavy atom. The summed E-state index contributed by atoms with van der Waals surface area (Å²) < 4.78 is 26.9. The number of anilines is 1. The first-order valence-electron chi connectivity index (χ1n) is 15.0. The zero-order valence-corrected chi connectivity index (χ0v) is 24.9. The number of aromatic nitrogens is 2. The van der Waals surface area contributed by atoms with E-state index in [2.05, 4.69) is 44.0 Å². The van der Waals surface area contributed by atoms with Crippen LogP contribution in [0, 0.1) is 22.6 Å². The number of nitriles is 1. The Balaban J connectivity index is 1.10. The van der Waals surface area contributed by atoms with Gasteiger partial charge in [-0.1, -0.05) is 12.1 Å². The lowest BCUT2D eigenvalue weighted by Crippen LogP contribution is -2.65. The van der Waals surface area contributed by atoms with Crippen molar-refractivity contribution in [3.63, 3.8) is 0 Å². The summed E-state index contributed by atoms with van der Waals surface area (Å²) >= 11 is 0. The van der Waals surface area contributed by atoms with Crippen molar-refractivity contribution in [1.82, 2.24) is 19.8 Å². The van der Waals surface area contributed by atoms with Crippen molar-refractivity contribution in [1.29, 1.82) is 5.26 Å². The van der Waals surface area contributed by atoms with Crippen LogP contribution < -0.4 is 14.4 Å². The molecular weight excluding hydrogens is 547 g/mol. The minimum Gasteiger partial charge on any atom is -0.490 e. The fourth-order valence-electron chi connectivity index (χ4n) is 6.67. The first-order valence-corrected chi connectivity index (χ1v) is 15.0. The molecule has 0 N–H and O–H groups in total. The minimum absolute atomic E-state index is 0.0382. The van der Waals surface area contributed by atoms with Crippen LogP contribution in [-0.2, 0) is 13.1 Å². The van der Waals surface area contributed by atoms with Crippen molar-refractivity contribution in [3.05, 3.63) is 71.4 Å². The van der Waals surface area contributed by atoms with Gasteiger partial charge in [0.2, 0.25) is 0 Å². The predicted octanol–water partition coefficient (Wildman–Crippen LogP) is 5.56. The highest BCUT2D eigenvalue weighted by atomic mass is 19.1. The second-order valence-corrected chi connectivity index (χ2v) is 12.2. The van der Waals surface area contributed by atoms with E-state index in [9.17, 15) is 9.18 Å². The largest absolute Gasteiger partial charge is 0.490 e. The maximum absolute atomic E-state index is 14.2. The minimum atomic E-state index is -0.497. The predicted molar refractivity (Wildman–Crippen MR) is 159 cm³/mol. The van der Waals surface area contributed by atoms with Crippen LogP contribution in [0.25, 0.3) is 0 Å². The molecule has 3 aliphatic rings. The van der Waals surface area contributed by atoms with Crippen LogP contribution in [0.4, 0.5) is 10.2 Å². The number of benzene rings is 2. The summed E-state index contributed by atoms with van der Waals surface area (Å²) in [5.74, 6) is 1.54. The summed E-state index contributed by atoms with van der Waals surface area (Å²) in [6.45, 7) is 10.4. The van der Waals surface area contributed by atoms with Crippen molar-refractivity contribution in [2.45, 2.75) is 65.3 Å². The van der Waals surface area contributed by atoms with Gasteiger partial charge in [-0.15, -0.1) is 0 Å². The lowest BCUT2D eigenvalue weighted by atomic mass is 9.61. The maximum atomic E-state index is 14.2. The van der Waals surface area contributed by atoms with Gasteiger partial charge in [0.25, 0.3) is 5.91 Å². The molecule has 0 bridgehead atoms. The third-order valence-electron chi connectivity index (χ3n) is 8.79. The van der Waals surface area contributed by atoms with Crippen molar-refractivity contribution in [3.8, 4) is 23.3 Å². The molecule has 2 aromatic carbocycles. The quantitative estimate of drug-likeness (QED) is 0.306. The Kier molecular flexibility index (Phi) is 7.93. The molecule has 1 amide bonds. The number of fused-ring (bicyclic) bond motifs is 1. The molecule has 1 aromatic heterocycles. The van der Waals surface area contributed by atoms with Crippen LogP contribution in [0.1, 0.15) is 61.5 Å². The van der Waals surface area contributed by atoms with E-state index in [-0.39, 0.29) is 34.8 Å². The number of amides is 1. The van der Waals surface area contributed by atoms with Crippen LogP contribution >= 0.6 is 0 Å². The van der Waals surface area contributed by atoms with Gasteiger partial charge in [0.15, 0.2) is 11.6 Å². The Labute approximate surface area is 251 Å². The molecular formula is C33H37FN6O3. The van der Waals surface area contributed by atoms with Gasteiger partial charge in [-0.25, -0.2) is 14.4 Å². The van der Waals surface area contributed by atoms with Gasteiger partial charge in [0.1, 0.15) is 29.7 Å². The highest BCUT2D eigenvalue weighted by Crippen LogP contribution is 2.52. The van der Waals surface area contributed by atoms with Gasteiger partial charge < -0.3 is 19.3 Å². The molecule has 1 saturated heterocycles. The number of ether oxygens (including phenoxy) is 2. The first-order chi connectivity index (χ1) is 20.8. The highest BCUT2D eigenvalue weighted by molar-refractivity contribution is 5.97. The molecule has 10 heteroatoms. The molecule has 0 atom stereocenters. The summed E-state index contributed by atoms with van der Waals surface area (Å²) in [5, 5.41) is 8.95. The van der Waals surface area contributed by atoms with Gasteiger partial charge in [0, 0.05) is 62.7 Å². The van der Waals surface area contributed by atoms with Crippen LogP contribution in [0.5, 0.6) is 17.2 Å². The van der Waals surface area contributed by atoms with Gasteiger partial charge in [-0.05, 0) is 63.4 Å². The molecule has 1 spiro atoms. The molecule has 1 aliphatic carbocycles. The van der Waals surface area contributed by atoms with E-state index in [0.717, 1.165) is 51.3 Å². The van der Waals surface area contributed by atoms with E-state index in [4.69, 9.17) is 14.7 Å². The number of carbonyl (C=O) groups is 1. The average Bonchev–Trinajstić information content (AvgIpc) is 3.38. The van der Waals surface area contributed by atoms with Crippen LogP contribution in [-0.4, -0.2) is 64.0 Å². The van der Waals surface area contributed by atoms with Gasteiger partial charge in [0.05, 0.1) is 17.8 Å². The lowest BCUT2D eigenvalue weighted by molar-refractivity contribution is -0.0349. The van der Waals surface area contributed by atoms with Gasteiger partial charge >= 0.3 is 0 Å². The Hall–Kier alpha value is -4.23. The molecule has 0 unspecified atom stereocenters. The highest BCUT2D eigenvalue weighted by Gasteiger charge is 2.54. The second-order valence-electron chi connectivity index (χ2n) is 12.2. The monoisotopic (exact) mass is 584 g/mol. The van der Waals surface area contributed by atoms with Crippen molar-refractivity contribution < 1.29 is 18.7 Å². The summed E-state index contributed by atoms with van der Waals surface area (Å²) in [4.78, 5) is 28.1. The van der Waals surface area contributed by atoms with E-state index in [1.807, 2.05) is 20.8 Å². The fraction of sp³-hybridized carbons (Fsp3) is 0.455. The van der Waals surface area contributed by atoms with E-state index < -0.39 is 5.82 Å². The van der Waals surface area contributed by atoms with E-state index in [0.29, 0.717) is 24.5 Å². The number of rotatable bonds is 10. The molecule has 2 fully saturated rings. The smallest absolute Gasteiger partial charge is 0.257 e. The van der Waals surface area contributed by atoms with Crippen LogP contribution in [0.3, 0.4) is 0 Å². The first kappa shape index (κ1) is 28.9. The second kappa shape index (κ2) is 11.8. The standard InChI is InChI=1S/C33H37FN6O3/c1-4-40(22(2)3)32(41)26-13-24(34)9-10-29(26)43-30-16-36-21-37-31(30)39-19-33(20-39)14-25(15-33)42-28-8-5-7-23-17-38(12-6-11-35)18-27(23)28/h5,7-10,13,16,21-22,25H,4,6,12,14-15,17-20H2,1-3H3. The zero-order chi connectivity index (χ0) is 30.1. The number of nitrogens with zero attached hydrogens (tertiary/aromatic N) is 6. The fourth-order valence-corrected chi connectivity index (χ4v) is 6.67. The van der Waals surface area contributed by atoms with Crippen LogP contribution in [0.2, 0.25) is 0 Å². The lowest BCUT2D eigenvalue weighted by Gasteiger charge is -2.59. The summed E-state index contributed by atoms with van der Waals surface area (Å²) in [6.07, 6.45) is 5.70.